The van der Waals surface area contributed by atoms with Crippen molar-refractivity contribution in [3.05, 3.63) is 95.1 Å². The van der Waals surface area contributed by atoms with Gasteiger partial charge in [0.2, 0.25) is 10.0 Å². The van der Waals surface area contributed by atoms with Crippen LogP contribution in [-0.4, -0.2) is 56.1 Å². The Bertz CT molecular complexity index is 1760. The fourth-order valence-corrected chi connectivity index (χ4v) is 7.35. The van der Waals surface area contributed by atoms with E-state index in [0.29, 0.717) is 31.4 Å². The quantitative estimate of drug-likeness (QED) is 0.329. The highest BCUT2D eigenvalue weighted by Gasteiger charge is 2.51. The molecule has 1 fully saturated rings. The maximum absolute atomic E-state index is 14.4. The first-order valence-electron chi connectivity index (χ1n) is 13.1. The number of aromatic nitrogens is 5. The second-order valence-corrected chi connectivity index (χ2v) is 12.7. The third kappa shape index (κ3) is 4.29. The van der Waals surface area contributed by atoms with Crippen LogP contribution < -0.4 is 0 Å². The summed E-state index contributed by atoms with van der Waals surface area (Å²) in [5, 5.41) is 8.61. The van der Waals surface area contributed by atoms with Gasteiger partial charge in [0.25, 0.3) is 0 Å². The van der Waals surface area contributed by atoms with Gasteiger partial charge >= 0.3 is 0 Å². The summed E-state index contributed by atoms with van der Waals surface area (Å²) in [5.74, 6) is -0.457. The summed E-state index contributed by atoms with van der Waals surface area (Å²) in [4.78, 5) is 18.9. The number of fused-ring (bicyclic) bond motifs is 2. The van der Waals surface area contributed by atoms with Crippen molar-refractivity contribution in [3.8, 4) is 5.69 Å². The summed E-state index contributed by atoms with van der Waals surface area (Å²) in [6, 6.07) is 9.33. The third-order valence-corrected chi connectivity index (χ3v) is 10.0. The molecular formula is C29H29FN6O3S. The predicted octanol–water partition coefficient (Wildman–Crippen LogP) is 4.13. The lowest BCUT2D eigenvalue weighted by atomic mass is 9.60. The van der Waals surface area contributed by atoms with Crippen LogP contribution >= 0.6 is 0 Å². The first-order chi connectivity index (χ1) is 19.1. The van der Waals surface area contributed by atoms with Gasteiger partial charge in [-0.1, -0.05) is 5.57 Å². The molecule has 0 radical (unpaired) electrons. The molecule has 2 atom stereocenters. The molecule has 0 aliphatic heterocycles. The van der Waals surface area contributed by atoms with E-state index in [2.05, 4.69) is 15.2 Å². The summed E-state index contributed by atoms with van der Waals surface area (Å²) in [6.07, 6.45) is 9.96. The number of hydrogen-bond donors (Lipinski definition) is 0. The minimum atomic E-state index is -3.82. The number of Topliss-reactive ketones (excluding diaryl/α,β-unsaturated/α-hetero) is 1. The number of benzene rings is 1. The Morgan fingerprint density at radius 1 is 1.15 bits per heavy atom. The average Bonchev–Trinajstić information content (AvgIpc) is 3.57. The average molecular weight is 561 g/mol. The number of nitrogens with zero attached hydrogens (tertiary/aromatic N) is 6. The summed E-state index contributed by atoms with van der Waals surface area (Å²) in [7, 11) is -0.572. The summed E-state index contributed by atoms with van der Waals surface area (Å²) in [6.45, 7) is 1.91. The topological polar surface area (TPSA) is 103 Å². The van der Waals surface area contributed by atoms with Gasteiger partial charge in [0.15, 0.2) is 5.78 Å². The standard InChI is InChI=1S/C29H29FN6O3S/c1-19-10-11-31-26(12-19)28(37)29-14-20-16-33-36(23-8-5-22(30)6-9-23)27(20)13-21(29)4-7-24(15-29)35(3)40(38,39)25-17-32-34(2)18-25/h5-6,8-13,16-18,24H,4,7,14-15H2,1-3H3/t24-,29+/m1/s1. The van der Waals surface area contributed by atoms with Gasteiger partial charge in [-0.2, -0.15) is 14.5 Å². The number of pyridine rings is 1. The molecule has 3 aromatic heterocycles. The van der Waals surface area contributed by atoms with Crippen molar-refractivity contribution in [2.45, 2.75) is 43.5 Å². The van der Waals surface area contributed by atoms with Crippen molar-refractivity contribution in [2.24, 2.45) is 12.5 Å². The molecular weight excluding hydrogens is 531 g/mol. The van der Waals surface area contributed by atoms with E-state index in [1.54, 1.807) is 49.4 Å². The molecule has 0 N–H and O–H groups in total. The van der Waals surface area contributed by atoms with Crippen LogP contribution in [-0.2, 0) is 23.5 Å². The van der Waals surface area contributed by atoms with Crippen molar-refractivity contribution in [1.29, 1.82) is 0 Å². The van der Waals surface area contributed by atoms with E-state index in [0.717, 1.165) is 28.1 Å². The molecule has 9 nitrogen and oxygen atoms in total. The minimum Gasteiger partial charge on any atom is -0.291 e. The minimum absolute atomic E-state index is 0.117. The Kier molecular flexibility index (Phi) is 6.30. The summed E-state index contributed by atoms with van der Waals surface area (Å²) in [5.41, 5.74) is 3.66. The van der Waals surface area contributed by atoms with Gasteiger partial charge < -0.3 is 0 Å². The van der Waals surface area contributed by atoms with Crippen LogP contribution in [0.5, 0.6) is 0 Å². The lowest BCUT2D eigenvalue weighted by Crippen LogP contribution is -2.49. The number of ketones is 1. The fourth-order valence-electron chi connectivity index (χ4n) is 5.98. The van der Waals surface area contributed by atoms with Gasteiger partial charge in [-0.25, -0.2) is 17.5 Å². The SMILES string of the molecule is Cc1ccnc(C(=O)[C@]23Cc4cnn(-c5ccc(F)cc5)c4C=C2CC[C@@H](N(C)S(=O)(=O)c2cnn(C)c2)C3)c1. The molecule has 0 spiro atoms. The van der Waals surface area contributed by atoms with E-state index in [9.17, 15) is 17.6 Å². The van der Waals surface area contributed by atoms with Gasteiger partial charge in [0.05, 0.1) is 29.2 Å². The number of carbonyl (C=O) groups excluding carboxylic acids is 1. The number of aryl methyl sites for hydroxylation is 2. The molecule has 0 unspecified atom stereocenters. The van der Waals surface area contributed by atoms with Crippen molar-refractivity contribution in [2.75, 3.05) is 7.05 Å². The summed E-state index contributed by atoms with van der Waals surface area (Å²) < 4.78 is 45.2. The van der Waals surface area contributed by atoms with Crippen LogP contribution in [0.3, 0.4) is 0 Å². The van der Waals surface area contributed by atoms with Crippen molar-refractivity contribution < 1.29 is 17.6 Å². The number of sulfonamides is 1. The van der Waals surface area contributed by atoms with E-state index in [1.807, 2.05) is 19.1 Å². The molecule has 40 heavy (non-hydrogen) atoms. The van der Waals surface area contributed by atoms with E-state index in [1.165, 1.54) is 33.5 Å². The number of halogens is 1. The Morgan fingerprint density at radius 3 is 2.62 bits per heavy atom. The van der Waals surface area contributed by atoms with Crippen LogP contribution in [0.25, 0.3) is 11.8 Å². The van der Waals surface area contributed by atoms with Crippen LogP contribution in [0.4, 0.5) is 4.39 Å². The van der Waals surface area contributed by atoms with Crippen molar-refractivity contribution in [3.63, 3.8) is 0 Å². The fraction of sp³-hybridized carbons (Fsp3) is 0.310. The second kappa shape index (κ2) is 9.60. The lowest BCUT2D eigenvalue weighted by molar-refractivity contribution is 0.0747. The Balaban J connectivity index is 1.43. The first kappa shape index (κ1) is 26.3. The maximum Gasteiger partial charge on any atom is 0.246 e. The van der Waals surface area contributed by atoms with Crippen LogP contribution in [0.2, 0.25) is 0 Å². The predicted molar refractivity (Wildman–Crippen MR) is 147 cm³/mol. The molecule has 2 aliphatic carbocycles. The van der Waals surface area contributed by atoms with Gasteiger partial charge in [0.1, 0.15) is 16.4 Å². The Labute approximate surface area is 232 Å². The second-order valence-electron chi connectivity index (χ2n) is 10.7. The normalized spacial score (nSPS) is 20.6. The summed E-state index contributed by atoms with van der Waals surface area (Å²) >= 11 is 0. The number of rotatable bonds is 6. The van der Waals surface area contributed by atoms with E-state index in [4.69, 9.17) is 0 Å². The van der Waals surface area contributed by atoms with Crippen molar-refractivity contribution in [1.82, 2.24) is 28.9 Å². The Morgan fingerprint density at radius 2 is 1.93 bits per heavy atom. The smallest absolute Gasteiger partial charge is 0.246 e. The highest BCUT2D eigenvalue weighted by atomic mass is 32.2. The molecule has 206 valence electrons. The molecule has 4 aromatic rings. The number of carbonyl (C=O) groups is 1. The zero-order chi connectivity index (χ0) is 28.2. The Hall–Kier alpha value is -3.96. The largest absolute Gasteiger partial charge is 0.291 e. The van der Waals surface area contributed by atoms with Crippen LogP contribution in [0.1, 0.15) is 46.6 Å². The first-order valence-corrected chi connectivity index (χ1v) is 14.5. The van der Waals surface area contributed by atoms with Crippen LogP contribution in [0.15, 0.2) is 71.7 Å². The monoisotopic (exact) mass is 560 g/mol. The van der Waals surface area contributed by atoms with Crippen LogP contribution in [0, 0.1) is 18.2 Å². The van der Waals surface area contributed by atoms with E-state index in [-0.39, 0.29) is 16.5 Å². The molecule has 6 rings (SSSR count). The zero-order valence-corrected chi connectivity index (χ0v) is 23.3. The lowest BCUT2D eigenvalue weighted by Gasteiger charge is -2.45. The van der Waals surface area contributed by atoms with Gasteiger partial charge in [-0.15, -0.1) is 0 Å². The maximum atomic E-state index is 14.4. The highest BCUT2D eigenvalue weighted by Crippen LogP contribution is 2.51. The molecule has 11 heteroatoms. The molecule has 1 aromatic carbocycles. The number of allylic oxidation sites excluding steroid dienone is 1. The van der Waals surface area contributed by atoms with Gasteiger partial charge in [0, 0.05) is 32.5 Å². The molecule has 1 saturated carbocycles. The van der Waals surface area contributed by atoms with Gasteiger partial charge in [-0.05, 0) is 86.2 Å². The highest BCUT2D eigenvalue weighted by molar-refractivity contribution is 7.89. The number of hydrogen-bond acceptors (Lipinski definition) is 6. The molecule has 0 bridgehead atoms. The molecule has 0 saturated heterocycles. The van der Waals surface area contributed by atoms with Gasteiger partial charge in [-0.3, -0.25) is 14.5 Å². The van der Waals surface area contributed by atoms with E-state index < -0.39 is 21.5 Å². The zero-order valence-electron chi connectivity index (χ0n) is 22.5. The van der Waals surface area contributed by atoms with E-state index >= 15 is 0 Å². The molecule has 0 amide bonds. The molecule has 2 aliphatic rings. The third-order valence-electron chi connectivity index (χ3n) is 8.16. The van der Waals surface area contributed by atoms with Crippen molar-refractivity contribution >= 4 is 21.9 Å². The molecule has 3 heterocycles.